The molecular weight excluding hydrogens is 422 g/mol. The van der Waals surface area contributed by atoms with E-state index in [0.29, 0.717) is 17.7 Å². The SMILES string of the molecule is Cc1cccc2c1NC(=O)[C@]21N[C@@H](CCC(=O)O)[C@H]2C(=O)N(CCc3ccccc3)C(=O)[C@H]21. The average molecular weight is 447 g/mol. The van der Waals surface area contributed by atoms with E-state index >= 15 is 0 Å². The Morgan fingerprint density at radius 2 is 1.82 bits per heavy atom. The number of imide groups is 1. The Morgan fingerprint density at radius 3 is 2.55 bits per heavy atom. The maximum atomic E-state index is 13.7. The third-order valence-corrected chi connectivity index (χ3v) is 7.19. The fourth-order valence-corrected chi connectivity index (χ4v) is 5.67. The Morgan fingerprint density at radius 1 is 1.06 bits per heavy atom. The molecule has 3 amide bonds. The summed E-state index contributed by atoms with van der Waals surface area (Å²) in [5.41, 5.74) is 1.78. The van der Waals surface area contributed by atoms with Crippen molar-refractivity contribution in [2.75, 3.05) is 11.9 Å². The summed E-state index contributed by atoms with van der Waals surface area (Å²) in [6.45, 7) is 2.10. The number of rotatable bonds is 6. The molecule has 0 unspecified atom stereocenters. The second-order valence-corrected chi connectivity index (χ2v) is 9.01. The topological polar surface area (TPSA) is 116 Å². The van der Waals surface area contributed by atoms with Crippen LogP contribution in [0.15, 0.2) is 48.5 Å². The molecule has 3 heterocycles. The maximum absolute atomic E-state index is 13.7. The number of para-hydroxylation sites is 1. The van der Waals surface area contributed by atoms with Crippen molar-refractivity contribution in [2.24, 2.45) is 11.8 Å². The van der Waals surface area contributed by atoms with E-state index in [9.17, 15) is 24.3 Å². The van der Waals surface area contributed by atoms with Crippen LogP contribution in [-0.4, -0.2) is 46.3 Å². The Hall–Kier alpha value is -3.52. The lowest BCUT2D eigenvalue weighted by Gasteiger charge is -2.29. The van der Waals surface area contributed by atoms with Gasteiger partial charge in [0.25, 0.3) is 0 Å². The fourth-order valence-electron chi connectivity index (χ4n) is 5.67. The summed E-state index contributed by atoms with van der Waals surface area (Å²) in [5, 5.41) is 15.4. The lowest BCUT2D eigenvalue weighted by atomic mass is 9.76. The number of nitrogens with one attached hydrogen (secondary N) is 2. The molecule has 2 saturated heterocycles. The quantitative estimate of drug-likeness (QED) is 0.582. The van der Waals surface area contributed by atoms with Gasteiger partial charge in [0, 0.05) is 30.3 Å². The molecule has 1 spiro atoms. The number of hydrogen-bond acceptors (Lipinski definition) is 5. The number of benzene rings is 2. The van der Waals surface area contributed by atoms with Crippen molar-refractivity contribution in [1.29, 1.82) is 0 Å². The summed E-state index contributed by atoms with van der Waals surface area (Å²) in [6, 6.07) is 14.5. The number of aryl methyl sites for hydroxylation is 1. The van der Waals surface area contributed by atoms with E-state index in [4.69, 9.17) is 0 Å². The predicted octanol–water partition coefficient (Wildman–Crippen LogP) is 1.82. The highest BCUT2D eigenvalue weighted by Gasteiger charge is 2.70. The van der Waals surface area contributed by atoms with E-state index in [-0.39, 0.29) is 37.1 Å². The van der Waals surface area contributed by atoms with Gasteiger partial charge in [-0.2, -0.15) is 0 Å². The van der Waals surface area contributed by atoms with Gasteiger partial charge in [-0.3, -0.25) is 29.4 Å². The minimum absolute atomic E-state index is 0.151. The number of fused-ring (bicyclic) bond motifs is 4. The van der Waals surface area contributed by atoms with Crippen LogP contribution in [0.5, 0.6) is 0 Å². The van der Waals surface area contributed by atoms with Crippen LogP contribution in [0.25, 0.3) is 0 Å². The third-order valence-electron chi connectivity index (χ3n) is 7.19. The van der Waals surface area contributed by atoms with Crippen molar-refractivity contribution in [3.05, 3.63) is 65.2 Å². The number of carboxylic acids is 1. The minimum atomic E-state index is -1.39. The van der Waals surface area contributed by atoms with Crippen LogP contribution in [0.3, 0.4) is 0 Å². The van der Waals surface area contributed by atoms with Gasteiger partial charge in [0.05, 0.1) is 11.8 Å². The van der Waals surface area contributed by atoms with Gasteiger partial charge >= 0.3 is 5.97 Å². The molecule has 170 valence electrons. The van der Waals surface area contributed by atoms with Crippen LogP contribution >= 0.6 is 0 Å². The molecule has 2 aromatic rings. The van der Waals surface area contributed by atoms with Gasteiger partial charge in [-0.25, -0.2) is 0 Å². The zero-order valence-corrected chi connectivity index (χ0v) is 18.2. The number of amides is 3. The van der Waals surface area contributed by atoms with Gasteiger partial charge in [0.15, 0.2) is 0 Å². The summed E-state index contributed by atoms with van der Waals surface area (Å²) in [7, 11) is 0. The van der Waals surface area contributed by atoms with Crippen molar-refractivity contribution >= 4 is 29.4 Å². The molecule has 4 atom stereocenters. The van der Waals surface area contributed by atoms with Crippen LogP contribution in [0.4, 0.5) is 5.69 Å². The van der Waals surface area contributed by atoms with Crippen LogP contribution in [0.1, 0.15) is 29.5 Å². The van der Waals surface area contributed by atoms with Crippen molar-refractivity contribution < 1.29 is 24.3 Å². The molecule has 0 saturated carbocycles. The van der Waals surface area contributed by atoms with Crippen molar-refractivity contribution in [3.63, 3.8) is 0 Å². The molecule has 0 radical (unpaired) electrons. The summed E-state index contributed by atoms with van der Waals surface area (Å²) in [4.78, 5) is 53.1. The van der Waals surface area contributed by atoms with Gasteiger partial charge in [0.1, 0.15) is 5.54 Å². The first-order valence-corrected chi connectivity index (χ1v) is 11.1. The second kappa shape index (κ2) is 7.81. The van der Waals surface area contributed by atoms with Crippen molar-refractivity contribution in [2.45, 2.75) is 37.8 Å². The van der Waals surface area contributed by atoms with Gasteiger partial charge in [-0.15, -0.1) is 0 Å². The van der Waals surface area contributed by atoms with Gasteiger partial charge in [-0.1, -0.05) is 48.5 Å². The van der Waals surface area contributed by atoms with E-state index in [1.54, 1.807) is 6.07 Å². The van der Waals surface area contributed by atoms with Crippen molar-refractivity contribution in [1.82, 2.24) is 10.2 Å². The smallest absolute Gasteiger partial charge is 0.303 e. The number of nitrogens with zero attached hydrogens (tertiary/aromatic N) is 1. The Kier molecular flexibility index (Phi) is 5.05. The van der Waals surface area contributed by atoms with Gasteiger partial charge < -0.3 is 10.4 Å². The number of aliphatic carboxylic acids is 1. The summed E-state index contributed by atoms with van der Waals surface area (Å²) >= 11 is 0. The fraction of sp³-hybridized carbons (Fsp3) is 0.360. The molecule has 8 nitrogen and oxygen atoms in total. The zero-order chi connectivity index (χ0) is 23.3. The number of hydrogen-bond donors (Lipinski definition) is 3. The van der Waals surface area contributed by atoms with E-state index in [0.717, 1.165) is 11.1 Å². The predicted molar refractivity (Wildman–Crippen MR) is 119 cm³/mol. The van der Waals surface area contributed by atoms with E-state index in [2.05, 4.69) is 10.6 Å². The van der Waals surface area contributed by atoms with Crippen LogP contribution in [-0.2, 0) is 31.1 Å². The molecule has 2 aromatic carbocycles. The van der Waals surface area contributed by atoms with Crippen LogP contribution in [0, 0.1) is 18.8 Å². The molecule has 8 heteroatoms. The number of carbonyl (C=O) groups excluding carboxylic acids is 3. The summed E-state index contributed by atoms with van der Waals surface area (Å²) in [5.74, 6) is -3.78. The number of anilines is 1. The monoisotopic (exact) mass is 447 g/mol. The number of likely N-dealkylation sites (tertiary alicyclic amines) is 1. The first kappa shape index (κ1) is 21.3. The molecule has 3 N–H and O–H groups in total. The van der Waals surface area contributed by atoms with E-state index in [1.165, 1.54) is 4.90 Å². The molecule has 5 rings (SSSR count). The molecule has 33 heavy (non-hydrogen) atoms. The van der Waals surface area contributed by atoms with E-state index in [1.807, 2.05) is 49.4 Å². The van der Waals surface area contributed by atoms with Gasteiger partial charge in [0.2, 0.25) is 17.7 Å². The second-order valence-electron chi connectivity index (χ2n) is 9.01. The lowest BCUT2D eigenvalue weighted by molar-refractivity contribution is -0.143. The van der Waals surface area contributed by atoms with Crippen molar-refractivity contribution in [3.8, 4) is 0 Å². The Bertz CT molecular complexity index is 1160. The van der Waals surface area contributed by atoms with E-state index < -0.39 is 29.4 Å². The first-order chi connectivity index (χ1) is 15.8. The highest BCUT2D eigenvalue weighted by molar-refractivity contribution is 6.15. The minimum Gasteiger partial charge on any atom is -0.481 e. The Balaban J connectivity index is 1.53. The molecule has 3 aliphatic heterocycles. The average Bonchev–Trinajstić information content (AvgIpc) is 3.38. The largest absolute Gasteiger partial charge is 0.481 e. The normalized spacial score (nSPS) is 27.7. The summed E-state index contributed by atoms with van der Waals surface area (Å²) in [6.07, 6.45) is 0.503. The van der Waals surface area contributed by atoms with Crippen LogP contribution < -0.4 is 10.6 Å². The molecule has 0 bridgehead atoms. The molecule has 0 aliphatic carbocycles. The highest BCUT2D eigenvalue weighted by Crippen LogP contribution is 2.54. The number of carbonyl (C=O) groups is 4. The highest BCUT2D eigenvalue weighted by atomic mass is 16.4. The lowest BCUT2D eigenvalue weighted by Crippen LogP contribution is -2.53. The standard InChI is InChI=1S/C25H25N3O5/c1-14-6-5-9-16-21(14)26-24(33)25(16)20-19(17(27-25)10-11-18(29)30)22(31)28(23(20)32)13-12-15-7-3-2-4-8-15/h2-9,17,19-20,27H,10-13H2,1H3,(H,26,33)(H,29,30)/t17-,19+,20-,25-/m0/s1. The van der Waals surface area contributed by atoms with Crippen LogP contribution in [0.2, 0.25) is 0 Å². The molecular formula is C25H25N3O5. The molecule has 0 aromatic heterocycles. The molecule has 3 aliphatic rings. The zero-order valence-electron chi connectivity index (χ0n) is 18.2. The number of carboxylic acid groups (broad SMARTS) is 1. The first-order valence-electron chi connectivity index (χ1n) is 11.1. The van der Waals surface area contributed by atoms with Gasteiger partial charge in [-0.05, 0) is 30.9 Å². The Labute approximate surface area is 191 Å². The molecule has 2 fully saturated rings. The summed E-state index contributed by atoms with van der Waals surface area (Å²) < 4.78 is 0. The maximum Gasteiger partial charge on any atom is 0.303 e. The third kappa shape index (κ3) is 3.16.